The molecule has 3 atom stereocenters. The number of amides is 2. The summed E-state index contributed by atoms with van der Waals surface area (Å²) in [7, 11) is 0. The number of rotatable bonds is 7. The number of aryl methyl sites for hydroxylation is 1. The Balaban J connectivity index is 1.53. The molecule has 42 heavy (non-hydrogen) atoms. The molecule has 3 aromatic rings. The van der Waals surface area contributed by atoms with Gasteiger partial charge in [-0.3, -0.25) is 14.4 Å². The third-order valence-corrected chi connectivity index (χ3v) is 8.46. The number of hydrogen-bond donors (Lipinski definition) is 4. The van der Waals surface area contributed by atoms with E-state index in [-0.39, 0.29) is 40.7 Å². The van der Waals surface area contributed by atoms with E-state index < -0.39 is 29.3 Å². The second-order valence-electron chi connectivity index (χ2n) is 12.2. The van der Waals surface area contributed by atoms with E-state index in [1.54, 1.807) is 48.5 Å². The van der Waals surface area contributed by atoms with Gasteiger partial charge in [-0.15, -0.1) is 0 Å². The number of anilines is 2. The first-order valence-electron chi connectivity index (χ1n) is 13.8. The number of aliphatic carboxylic acids is 1. The maximum Gasteiger partial charge on any atom is 0.303 e. The lowest BCUT2D eigenvalue weighted by Crippen LogP contribution is -2.48. The molecule has 7 nitrogen and oxygen atoms in total. The van der Waals surface area contributed by atoms with Crippen LogP contribution < -0.4 is 16.0 Å². The highest BCUT2D eigenvalue weighted by atomic mass is 35.5. The number of halogens is 3. The molecule has 1 saturated heterocycles. The normalized spacial score (nSPS) is 21.3. The standard InChI is InChI=1S/C32H32Cl2FN3O4/c1-31(2,3)16-25-32(15-24(37-25)29(41)36-19-10-7-17(8-11-19)9-12-26(39)40)27-21(20-5-4-6-22(34)28(20)35)13-18(33)14-23(27)38-30(32)42/h4-8,10-11,13-14,24-25,37H,9,12,15-16H2,1-3H3,(H,36,41)(H,38,42)(H,39,40)/t24-,25+,32?/m0/s1. The minimum absolute atomic E-state index is 0.0186. The highest BCUT2D eigenvalue weighted by molar-refractivity contribution is 6.32. The first-order valence-corrected chi connectivity index (χ1v) is 14.5. The van der Waals surface area contributed by atoms with E-state index >= 15 is 4.39 Å². The van der Waals surface area contributed by atoms with Crippen molar-refractivity contribution in [2.24, 2.45) is 5.41 Å². The van der Waals surface area contributed by atoms with E-state index in [9.17, 15) is 14.4 Å². The van der Waals surface area contributed by atoms with Gasteiger partial charge in [-0.25, -0.2) is 4.39 Å². The van der Waals surface area contributed by atoms with Crippen molar-refractivity contribution in [1.82, 2.24) is 5.32 Å². The number of carbonyl (C=O) groups is 3. The van der Waals surface area contributed by atoms with Crippen molar-refractivity contribution in [2.45, 2.75) is 64.0 Å². The summed E-state index contributed by atoms with van der Waals surface area (Å²) in [5.74, 6) is -2.07. The lowest BCUT2D eigenvalue weighted by Gasteiger charge is -2.34. The van der Waals surface area contributed by atoms with Crippen LogP contribution in [0.15, 0.2) is 54.6 Å². The van der Waals surface area contributed by atoms with E-state index in [4.69, 9.17) is 28.3 Å². The van der Waals surface area contributed by atoms with Gasteiger partial charge >= 0.3 is 5.97 Å². The van der Waals surface area contributed by atoms with Crippen molar-refractivity contribution in [3.8, 4) is 11.1 Å². The van der Waals surface area contributed by atoms with Crippen molar-refractivity contribution >= 4 is 52.4 Å². The smallest absolute Gasteiger partial charge is 0.303 e. The van der Waals surface area contributed by atoms with Crippen molar-refractivity contribution in [1.29, 1.82) is 0 Å². The first kappa shape index (κ1) is 30.0. The predicted molar refractivity (Wildman–Crippen MR) is 163 cm³/mol. The molecule has 0 bridgehead atoms. The predicted octanol–water partition coefficient (Wildman–Crippen LogP) is 6.81. The number of fused-ring (bicyclic) bond motifs is 2. The Kier molecular flexibility index (Phi) is 8.09. The molecule has 220 valence electrons. The highest BCUT2D eigenvalue weighted by Gasteiger charge is 2.60. The number of carboxylic acid groups (broad SMARTS) is 1. The molecule has 0 aliphatic carbocycles. The molecule has 1 unspecified atom stereocenters. The van der Waals surface area contributed by atoms with Gasteiger partial charge in [-0.1, -0.05) is 68.2 Å². The second kappa shape index (κ2) is 11.3. The highest BCUT2D eigenvalue weighted by Crippen LogP contribution is 2.54. The Hall–Kier alpha value is -3.46. The fourth-order valence-corrected chi connectivity index (χ4v) is 6.54. The van der Waals surface area contributed by atoms with Crippen LogP contribution in [0.2, 0.25) is 10.0 Å². The van der Waals surface area contributed by atoms with Gasteiger partial charge in [0.15, 0.2) is 0 Å². The fourth-order valence-electron chi connectivity index (χ4n) is 6.14. The molecule has 0 radical (unpaired) electrons. The Labute approximate surface area is 253 Å². The summed E-state index contributed by atoms with van der Waals surface area (Å²) in [5, 5.41) is 18.6. The number of benzene rings is 3. The largest absolute Gasteiger partial charge is 0.481 e. The van der Waals surface area contributed by atoms with Gasteiger partial charge in [0.2, 0.25) is 11.8 Å². The van der Waals surface area contributed by atoms with Gasteiger partial charge in [0.05, 0.1) is 16.5 Å². The van der Waals surface area contributed by atoms with Crippen LogP contribution in [-0.4, -0.2) is 35.0 Å². The van der Waals surface area contributed by atoms with Crippen LogP contribution in [0.25, 0.3) is 11.1 Å². The Morgan fingerprint density at radius 2 is 1.81 bits per heavy atom. The van der Waals surface area contributed by atoms with E-state index in [1.807, 2.05) is 0 Å². The fraction of sp³-hybridized carbons (Fsp3) is 0.344. The summed E-state index contributed by atoms with van der Waals surface area (Å²) in [6, 6.07) is 13.8. The molecule has 0 saturated carbocycles. The van der Waals surface area contributed by atoms with Gasteiger partial charge < -0.3 is 21.1 Å². The number of carbonyl (C=O) groups excluding carboxylic acids is 2. The molecule has 10 heteroatoms. The summed E-state index contributed by atoms with van der Waals surface area (Å²) in [6.07, 6.45) is 1.11. The summed E-state index contributed by atoms with van der Waals surface area (Å²) in [4.78, 5) is 38.5. The van der Waals surface area contributed by atoms with E-state index in [0.29, 0.717) is 40.4 Å². The van der Waals surface area contributed by atoms with Crippen LogP contribution in [0, 0.1) is 11.2 Å². The Morgan fingerprint density at radius 3 is 2.48 bits per heavy atom. The van der Waals surface area contributed by atoms with Gasteiger partial charge in [-0.2, -0.15) is 0 Å². The van der Waals surface area contributed by atoms with Crippen molar-refractivity contribution in [3.05, 3.63) is 81.6 Å². The molecule has 0 aromatic heterocycles. The minimum atomic E-state index is -1.18. The third-order valence-electron chi connectivity index (χ3n) is 7.95. The lowest BCUT2D eigenvalue weighted by atomic mass is 9.68. The van der Waals surface area contributed by atoms with E-state index in [1.165, 1.54) is 6.07 Å². The molecule has 3 aromatic carbocycles. The van der Waals surface area contributed by atoms with Gasteiger partial charge in [-0.05, 0) is 66.1 Å². The SMILES string of the molecule is CC(C)(C)C[C@H]1N[C@H](C(=O)Nc2ccc(CCC(=O)O)cc2)CC12C(=O)Nc1cc(Cl)cc(-c3cccc(Cl)c3F)c12. The maximum absolute atomic E-state index is 15.4. The topological polar surface area (TPSA) is 108 Å². The summed E-state index contributed by atoms with van der Waals surface area (Å²) < 4.78 is 15.4. The number of nitrogens with one attached hydrogen (secondary N) is 3. The number of carboxylic acids is 1. The molecule has 2 aliphatic heterocycles. The van der Waals surface area contributed by atoms with Crippen LogP contribution in [0.3, 0.4) is 0 Å². The van der Waals surface area contributed by atoms with Crippen LogP contribution in [0.1, 0.15) is 51.2 Å². The molecular weight excluding hydrogens is 580 g/mol. The van der Waals surface area contributed by atoms with Crippen molar-refractivity contribution < 1.29 is 23.9 Å². The molecule has 1 spiro atoms. The molecular formula is C32H32Cl2FN3O4. The number of hydrogen-bond acceptors (Lipinski definition) is 4. The lowest BCUT2D eigenvalue weighted by molar-refractivity contribution is -0.137. The second-order valence-corrected chi connectivity index (χ2v) is 13.1. The zero-order chi connectivity index (χ0) is 30.4. The van der Waals surface area contributed by atoms with Crippen LogP contribution in [-0.2, 0) is 26.2 Å². The minimum Gasteiger partial charge on any atom is -0.481 e. The average molecular weight is 613 g/mol. The van der Waals surface area contributed by atoms with Crippen LogP contribution >= 0.6 is 23.2 Å². The van der Waals surface area contributed by atoms with E-state index in [2.05, 4.69) is 36.7 Å². The quantitative estimate of drug-likeness (QED) is 0.235. The zero-order valence-corrected chi connectivity index (χ0v) is 25.0. The third kappa shape index (κ3) is 5.76. The van der Waals surface area contributed by atoms with Crippen LogP contribution in [0.4, 0.5) is 15.8 Å². The first-order chi connectivity index (χ1) is 19.8. The van der Waals surface area contributed by atoms with Gasteiger partial charge in [0, 0.05) is 40.0 Å². The average Bonchev–Trinajstić information content (AvgIpc) is 3.41. The molecule has 2 amide bonds. The van der Waals surface area contributed by atoms with Crippen LogP contribution in [0.5, 0.6) is 0 Å². The Morgan fingerprint density at radius 1 is 1.10 bits per heavy atom. The molecule has 2 aliphatic rings. The summed E-state index contributed by atoms with van der Waals surface area (Å²) in [6.45, 7) is 6.19. The molecule has 5 rings (SSSR count). The Bertz CT molecular complexity index is 1570. The molecule has 2 heterocycles. The van der Waals surface area contributed by atoms with E-state index in [0.717, 1.165) is 5.56 Å². The maximum atomic E-state index is 15.4. The molecule has 1 fully saturated rings. The molecule has 4 N–H and O–H groups in total. The van der Waals surface area contributed by atoms with Crippen molar-refractivity contribution in [3.63, 3.8) is 0 Å². The monoisotopic (exact) mass is 611 g/mol. The van der Waals surface area contributed by atoms with Crippen molar-refractivity contribution in [2.75, 3.05) is 10.6 Å². The zero-order valence-electron chi connectivity index (χ0n) is 23.5. The summed E-state index contributed by atoms with van der Waals surface area (Å²) >= 11 is 12.6. The van der Waals surface area contributed by atoms with Gasteiger partial charge in [0.25, 0.3) is 0 Å². The summed E-state index contributed by atoms with van der Waals surface area (Å²) in [5.41, 5.74) is 1.77. The van der Waals surface area contributed by atoms with Gasteiger partial charge in [0.1, 0.15) is 5.82 Å².